The fourth-order valence-corrected chi connectivity index (χ4v) is 4.19. The van der Waals surface area contributed by atoms with Crippen LogP contribution in [-0.2, 0) is 23.4 Å². The van der Waals surface area contributed by atoms with E-state index in [9.17, 15) is 24.1 Å². The molecular weight excluding hydrogens is 476 g/mol. The number of halogens is 1. The number of H-pyrrole nitrogens is 1. The number of nitrogens with zero attached hydrogens (tertiary/aromatic N) is 2. The lowest BCUT2D eigenvalue weighted by Crippen LogP contribution is -2.43. The molecule has 1 saturated heterocycles. The van der Waals surface area contributed by atoms with Gasteiger partial charge in [0.05, 0.1) is 7.11 Å². The van der Waals surface area contributed by atoms with Crippen LogP contribution in [0.4, 0.5) is 4.39 Å². The number of rotatable bonds is 9. The van der Waals surface area contributed by atoms with Gasteiger partial charge in [0.2, 0.25) is 0 Å². The minimum Gasteiger partial charge on any atom is -0.468 e. The van der Waals surface area contributed by atoms with Gasteiger partial charge in [-0.3, -0.25) is 19.1 Å². The van der Waals surface area contributed by atoms with Crippen LogP contribution >= 0.6 is 8.18 Å². The highest BCUT2D eigenvalue weighted by atomic mass is 31.1. The number of aromatic nitrogens is 2. The van der Waals surface area contributed by atoms with E-state index in [2.05, 4.69) is 4.74 Å². The molecule has 0 saturated carbocycles. The number of alkyl halides is 1. The van der Waals surface area contributed by atoms with Gasteiger partial charge < -0.3 is 19.4 Å². The Balaban J connectivity index is 1.75. The molecule has 2 unspecified atom stereocenters. The van der Waals surface area contributed by atoms with Crippen LogP contribution in [0.1, 0.15) is 20.1 Å². The highest BCUT2D eigenvalue weighted by Gasteiger charge is 2.56. The molecule has 0 amide bonds. The summed E-state index contributed by atoms with van der Waals surface area (Å²) in [4.78, 5) is 43.6. The van der Waals surface area contributed by atoms with Crippen molar-refractivity contribution in [3.8, 4) is 5.75 Å². The average Bonchev–Trinajstić information content (AvgIpc) is 3.04. The largest absolute Gasteiger partial charge is 0.653 e. The van der Waals surface area contributed by atoms with E-state index in [1.54, 1.807) is 30.3 Å². The number of carbonyl (C=O) groups excluding carboxylic acids is 1. The zero-order valence-corrected chi connectivity index (χ0v) is 19.4. The second kappa shape index (κ2) is 10.5. The molecule has 0 spiro atoms. The summed E-state index contributed by atoms with van der Waals surface area (Å²) >= 11 is 0. The van der Waals surface area contributed by atoms with E-state index in [0.29, 0.717) is 0 Å². The Kier molecular flexibility index (Phi) is 7.95. The fraction of sp³-hybridized carbons (Fsp3) is 0.450. The summed E-state index contributed by atoms with van der Waals surface area (Å²) in [5, 5.41) is 10.4. The first kappa shape index (κ1) is 25.7. The number of methoxy groups -OCH3 is 1. The number of nitrogens with one attached hydrogen (secondary N) is 1. The second-order valence-electron chi connectivity index (χ2n) is 7.58. The average molecular weight is 500 g/mol. The van der Waals surface area contributed by atoms with Gasteiger partial charge in [-0.15, -0.1) is 4.52 Å². The number of aromatic amines is 1. The Morgan fingerprint density at radius 1 is 1.35 bits per heavy atom. The first-order valence-corrected chi connectivity index (χ1v) is 11.2. The van der Waals surface area contributed by atoms with Gasteiger partial charge in [0.15, 0.2) is 23.7 Å². The van der Waals surface area contributed by atoms with Crippen molar-refractivity contribution in [2.24, 2.45) is 0 Å². The molecule has 34 heavy (non-hydrogen) atoms. The summed E-state index contributed by atoms with van der Waals surface area (Å²) < 4.78 is 44.4. The van der Waals surface area contributed by atoms with E-state index in [4.69, 9.17) is 14.1 Å². The number of hydroxylamine groups is 1. The predicted molar refractivity (Wildman–Crippen MR) is 115 cm³/mol. The lowest BCUT2D eigenvalue weighted by atomic mass is 9.98. The molecule has 0 aliphatic carbocycles. The molecule has 2 N–H and O–H groups in total. The zero-order valence-electron chi connectivity index (χ0n) is 18.5. The highest BCUT2D eigenvalue weighted by Crippen LogP contribution is 2.42. The van der Waals surface area contributed by atoms with Gasteiger partial charge in [-0.2, -0.15) is 0 Å². The quantitative estimate of drug-likeness (QED) is 0.291. The number of hydrogen-bond donors (Lipinski definition) is 2. The van der Waals surface area contributed by atoms with Crippen LogP contribution in [0.25, 0.3) is 0 Å². The lowest BCUT2D eigenvalue weighted by molar-refractivity contribution is -0.152. The number of aliphatic hydroxyl groups excluding tert-OH is 1. The molecule has 1 aliphatic rings. The van der Waals surface area contributed by atoms with Crippen LogP contribution in [0.15, 0.2) is 52.2 Å². The van der Waals surface area contributed by atoms with E-state index in [1.807, 2.05) is 4.98 Å². The Hall–Kier alpha value is -2.96. The van der Waals surface area contributed by atoms with Gasteiger partial charge in [-0.05, 0) is 30.5 Å². The third kappa shape index (κ3) is 5.40. The van der Waals surface area contributed by atoms with Gasteiger partial charge >= 0.3 is 19.8 Å². The highest BCUT2D eigenvalue weighted by molar-refractivity contribution is 7.36. The van der Waals surface area contributed by atoms with Crippen molar-refractivity contribution in [3.05, 3.63) is 63.4 Å². The van der Waals surface area contributed by atoms with Gasteiger partial charge in [0.1, 0.15) is 23.6 Å². The summed E-state index contributed by atoms with van der Waals surface area (Å²) in [6.45, 7) is 1.82. The number of carbonyl (C=O) groups is 1. The Labute approximate surface area is 193 Å². The van der Waals surface area contributed by atoms with Gasteiger partial charge in [0, 0.05) is 12.3 Å². The Morgan fingerprint density at radius 2 is 2.03 bits per heavy atom. The maximum absolute atomic E-state index is 15.3. The summed E-state index contributed by atoms with van der Waals surface area (Å²) in [5.74, 6) is -0.495. The minimum absolute atomic E-state index is 0.260. The van der Waals surface area contributed by atoms with Crippen LogP contribution in [0.2, 0.25) is 0 Å². The Morgan fingerprint density at radius 3 is 2.65 bits per heavy atom. The summed E-state index contributed by atoms with van der Waals surface area (Å²) in [5.41, 5.74) is -4.08. The van der Waals surface area contributed by atoms with Gasteiger partial charge in [-0.1, -0.05) is 18.2 Å². The minimum atomic E-state index is -2.86. The number of ether oxygens (including phenoxy) is 2. The number of aliphatic hydroxyl groups is 1. The van der Waals surface area contributed by atoms with Crippen molar-refractivity contribution in [2.75, 3.05) is 13.7 Å². The van der Waals surface area contributed by atoms with E-state index in [0.717, 1.165) is 35.7 Å². The number of benzene rings is 1. The molecule has 3 rings (SSSR count). The van der Waals surface area contributed by atoms with Gasteiger partial charge in [0.25, 0.3) is 5.56 Å². The Bertz CT molecular complexity index is 1140. The van der Waals surface area contributed by atoms with Crippen LogP contribution < -0.4 is 16.1 Å². The van der Waals surface area contributed by atoms with Crippen LogP contribution in [0.3, 0.4) is 0 Å². The van der Waals surface area contributed by atoms with Crippen LogP contribution in [-0.4, -0.2) is 63.1 Å². The van der Waals surface area contributed by atoms with E-state index in [-0.39, 0.29) is 5.75 Å². The topological polar surface area (TPSA) is 149 Å². The van der Waals surface area contributed by atoms with Crippen molar-refractivity contribution in [3.63, 3.8) is 0 Å². The molecular formula is C20H24FN3O9P+. The fourth-order valence-electron chi connectivity index (χ4n) is 3.26. The number of esters is 1. The molecule has 1 fully saturated rings. The van der Waals surface area contributed by atoms with E-state index >= 15 is 4.39 Å². The number of hydrogen-bond acceptors (Lipinski definition) is 9. The maximum Gasteiger partial charge on any atom is 0.653 e. The van der Waals surface area contributed by atoms with Crippen molar-refractivity contribution >= 4 is 14.1 Å². The van der Waals surface area contributed by atoms with Gasteiger partial charge in [-0.25, -0.2) is 9.18 Å². The molecule has 1 aromatic carbocycles. The van der Waals surface area contributed by atoms with Crippen LogP contribution in [0.5, 0.6) is 5.75 Å². The molecule has 0 radical (unpaired) electrons. The van der Waals surface area contributed by atoms with Crippen molar-refractivity contribution in [1.29, 1.82) is 0 Å². The molecule has 2 heterocycles. The second-order valence-corrected chi connectivity index (χ2v) is 8.71. The molecule has 14 heteroatoms. The lowest BCUT2D eigenvalue weighted by Gasteiger charge is -2.24. The summed E-state index contributed by atoms with van der Waals surface area (Å²) in [6, 6.07) is 8.02. The molecule has 1 aromatic heterocycles. The zero-order chi connectivity index (χ0) is 25.0. The first-order chi connectivity index (χ1) is 16.1. The van der Waals surface area contributed by atoms with Crippen LogP contribution in [0, 0.1) is 0 Å². The molecule has 12 nitrogen and oxygen atoms in total. The summed E-state index contributed by atoms with van der Waals surface area (Å²) in [6.07, 6.45) is -3.68. The number of para-hydroxylation sites is 1. The molecule has 184 valence electrons. The molecule has 0 bridgehead atoms. The molecule has 6 atom stereocenters. The first-order valence-electron chi connectivity index (χ1n) is 10.1. The standard InChI is InChI=1S/C20H23FN3O9P/c1-12(17(27)30-3)24(33-13-7-5-4-6-8-13)34(29)31-11-14-16(26)20(2,21)18(32-14)23-10-9-15(25)22-19(23)28/h4-10,12,14,16,18,26H,11H2,1-3H3/p+1/t12?,14-,16-,18-,20-/m1/s1. The van der Waals surface area contributed by atoms with E-state index < -0.39 is 62.2 Å². The maximum atomic E-state index is 15.3. The smallest absolute Gasteiger partial charge is 0.468 e. The molecule has 2 aromatic rings. The third-order valence-corrected chi connectivity index (χ3v) is 6.27. The van der Waals surface area contributed by atoms with E-state index in [1.165, 1.54) is 6.92 Å². The van der Waals surface area contributed by atoms with Crippen molar-refractivity contribution in [1.82, 2.24) is 14.4 Å². The monoisotopic (exact) mass is 500 g/mol. The normalized spacial score (nSPS) is 25.7. The van der Waals surface area contributed by atoms with Crippen molar-refractivity contribution in [2.45, 2.75) is 44.0 Å². The third-order valence-electron chi connectivity index (χ3n) is 5.15. The summed E-state index contributed by atoms with van der Waals surface area (Å²) in [7, 11) is -1.71. The predicted octanol–water partition coefficient (Wildman–Crippen LogP) is 1.05. The van der Waals surface area contributed by atoms with Crippen molar-refractivity contribution < 1.29 is 37.7 Å². The molecule has 1 aliphatic heterocycles. The SMILES string of the molecule is COC(=O)C(C)N(Oc1ccccc1)[P+](=O)OC[C@H]1O[C@@H](n2ccc(=O)[nH]c2=O)[C@](C)(F)[C@@H]1O.